The second-order valence-electron chi connectivity index (χ2n) is 3.96. The molecule has 0 bridgehead atoms. The van der Waals surface area contributed by atoms with E-state index in [0.717, 1.165) is 5.57 Å². The summed E-state index contributed by atoms with van der Waals surface area (Å²) in [5.74, 6) is -0.0437. The number of carbonyl (C=O) groups is 1. The molecule has 80 valence electrons. The van der Waals surface area contributed by atoms with E-state index < -0.39 is 6.10 Å². The summed E-state index contributed by atoms with van der Waals surface area (Å²) in [6, 6.07) is -0.0990. The Morgan fingerprint density at radius 2 is 2.14 bits per heavy atom. The predicted molar refractivity (Wildman–Crippen MR) is 54.9 cm³/mol. The average molecular weight is 198 g/mol. The van der Waals surface area contributed by atoms with Crippen LogP contribution in [-0.4, -0.2) is 48.2 Å². The summed E-state index contributed by atoms with van der Waals surface area (Å²) in [4.78, 5) is 13.2. The molecule has 0 aromatic carbocycles. The van der Waals surface area contributed by atoms with Crippen LogP contribution in [0.3, 0.4) is 0 Å². The van der Waals surface area contributed by atoms with Crippen LogP contribution in [-0.2, 0) is 4.79 Å². The Labute approximate surface area is 84.6 Å². The standard InChI is InChI=1S/C10H18N2O2/c1-7(2)4-10(14)12(3)8-5-11-6-9(8)13/h4,8-9,11,13H,5-6H2,1-3H3/t8-,9-/m0/s1. The number of hydrogen-bond acceptors (Lipinski definition) is 3. The van der Waals surface area contributed by atoms with Crippen molar-refractivity contribution in [3.63, 3.8) is 0 Å². The van der Waals surface area contributed by atoms with Crippen molar-refractivity contribution in [2.75, 3.05) is 20.1 Å². The van der Waals surface area contributed by atoms with Gasteiger partial charge in [-0.2, -0.15) is 0 Å². The van der Waals surface area contributed by atoms with Crippen LogP contribution in [0.5, 0.6) is 0 Å². The summed E-state index contributed by atoms with van der Waals surface area (Å²) in [6.45, 7) is 5.00. The molecule has 0 aliphatic carbocycles. The Morgan fingerprint density at radius 3 is 2.57 bits per heavy atom. The van der Waals surface area contributed by atoms with Crippen LogP contribution in [0.15, 0.2) is 11.6 Å². The summed E-state index contributed by atoms with van der Waals surface area (Å²) < 4.78 is 0. The van der Waals surface area contributed by atoms with E-state index in [0.29, 0.717) is 13.1 Å². The van der Waals surface area contributed by atoms with Gasteiger partial charge in [-0.25, -0.2) is 0 Å². The van der Waals surface area contributed by atoms with Gasteiger partial charge in [0.2, 0.25) is 5.91 Å². The van der Waals surface area contributed by atoms with E-state index in [4.69, 9.17) is 0 Å². The van der Waals surface area contributed by atoms with Crippen molar-refractivity contribution in [2.45, 2.75) is 26.0 Å². The number of aliphatic hydroxyl groups is 1. The van der Waals surface area contributed by atoms with E-state index in [1.807, 2.05) is 13.8 Å². The molecular weight excluding hydrogens is 180 g/mol. The smallest absolute Gasteiger partial charge is 0.246 e. The van der Waals surface area contributed by atoms with Gasteiger partial charge in [-0.15, -0.1) is 0 Å². The molecule has 1 fully saturated rings. The second kappa shape index (κ2) is 4.57. The van der Waals surface area contributed by atoms with E-state index in [-0.39, 0.29) is 11.9 Å². The third-order valence-corrected chi connectivity index (χ3v) is 2.41. The monoisotopic (exact) mass is 198 g/mol. The summed E-state index contributed by atoms with van der Waals surface area (Å²) in [5, 5.41) is 12.6. The van der Waals surface area contributed by atoms with Gasteiger partial charge in [-0.3, -0.25) is 4.79 Å². The molecule has 1 rings (SSSR count). The highest BCUT2D eigenvalue weighted by Gasteiger charge is 2.30. The van der Waals surface area contributed by atoms with Crippen LogP contribution in [0.25, 0.3) is 0 Å². The number of carbonyl (C=O) groups excluding carboxylic acids is 1. The van der Waals surface area contributed by atoms with E-state index in [2.05, 4.69) is 5.32 Å². The van der Waals surface area contributed by atoms with Gasteiger partial charge >= 0.3 is 0 Å². The zero-order valence-corrected chi connectivity index (χ0v) is 8.95. The van der Waals surface area contributed by atoms with E-state index in [1.165, 1.54) is 0 Å². The quantitative estimate of drug-likeness (QED) is 0.601. The molecule has 2 N–H and O–H groups in total. The molecule has 4 heteroatoms. The highest BCUT2D eigenvalue weighted by molar-refractivity contribution is 5.88. The lowest BCUT2D eigenvalue weighted by Gasteiger charge is -2.25. The van der Waals surface area contributed by atoms with Gasteiger partial charge in [-0.1, -0.05) is 5.57 Å². The molecule has 0 aromatic heterocycles. The van der Waals surface area contributed by atoms with Crippen molar-refractivity contribution in [2.24, 2.45) is 0 Å². The lowest BCUT2D eigenvalue weighted by molar-refractivity contribution is -0.128. The number of β-amino-alcohol motifs (C(OH)–C–C–N with tert-alkyl or cyclic N) is 1. The van der Waals surface area contributed by atoms with Gasteiger partial charge < -0.3 is 15.3 Å². The van der Waals surface area contributed by atoms with Gasteiger partial charge in [-0.05, 0) is 13.8 Å². The summed E-state index contributed by atoms with van der Waals surface area (Å²) >= 11 is 0. The lowest BCUT2D eigenvalue weighted by atomic mass is 10.2. The number of amides is 1. The maximum absolute atomic E-state index is 11.6. The fraction of sp³-hybridized carbons (Fsp3) is 0.700. The number of aliphatic hydroxyl groups excluding tert-OH is 1. The van der Waals surface area contributed by atoms with Gasteiger partial charge in [0.05, 0.1) is 12.1 Å². The first-order valence-corrected chi connectivity index (χ1v) is 4.83. The van der Waals surface area contributed by atoms with Crippen molar-refractivity contribution < 1.29 is 9.90 Å². The molecule has 0 spiro atoms. The maximum atomic E-state index is 11.6. The number of allylic oxidation sites excluding steroid dienone is 1. The molecule has 4 nitrogen and oxygen atoms in total. The van der Waals surface area contributed by atoms with E-state index in [9.17, 15) is 9.90 Å². The molecule has 0 saturated carbocycles. The fourth-order valence-corrected chi connectivity index (χ4v) is 1.56. The van der Waals surface area contributed by atoms with E-state index >= 15 is 0 Å². The van der Waals surface area contributed by atoms with Gasteiger partial charge in [0.15, 0.2) is 0 Å². The molecule has 14 heavy (non-hydrogen) atoms. The lowest BCUT2D eigenvalue weighted by Crippen LogP contribution is -2.43. The predicted octanol–water partition coefficient (Wildman–Crippen LogP) is -0.256. The Kier molecular flexibility index (Phi) is 3.66. The second-order valence-corrected chi connectivity index (χ2v) is 3.96. The minimum atomic E-state index is -0.450. The van der Waals surface area contributed by atoms with Gasteiger partial charge in [0.25, 0.3) is 0 Å². The zero-order chi connectivity index (χ0) is 10.7. The maximum Gasteiger partial charge on any atom is 0.246 e. The van der Waals surface area contributed by atoms with Crippen LogP contribution >= 0.6 is 0 Å². The van der Waals surface area contributed by atoms with Gasteiger partial charge in [0, 0.05) is 26.2 Å². The number of hydrogen-bond donors (Lipinski definition) is 2. The Bertz CT molecular complexity index is 247. The van der Waals surface area contributed by atoms with Crippen molar-refractivity contribution in [1.82, 2.24) is 10.2 Å². The van der Waals surface area contributed by atoms with Crippen molar-refractivity contribution in [3.8, 4) is 0 Å². The average Bonchev–Trinajstić information content (AvgIpc) is 2.48. The fourth-order valence-electron chi connectivity index (χ4n) is 1.56. The number of nitrogens with zero attached hydrogens (tertiary/aromatic N) is 1. The first kappa shape index (κ1) is 11.2. The minimum Gasteiger partial charge on any atom is -0.390 e. The van der Waals surface area contributed by atoms with E-state index in [1.54, 1.807) is 18.0 Å². The van der Waals surface area contributed by atoms with Crippen LogP contribution in [0, 0.1) is 0 Å². The summed E-state index contributed by atoms with van der Waals surface area (Å²) in [6.07, 6.45) is 1.14. The molecule has 0 unspecified atom stereocenters. The van der Waals surface area contributed by atoms with Crippen molar-refractivity contribution >= 4 is 5.91 Å². The third-order valence-electron chi connectivity index (χ3n) is 2.41. The van der Waals surface area contributed by atoms with Crippen LogP contribution in [0.1, 0.15) is 13.8 Å². The Hall–Kier alpha value is -0.870. The highest BCUT2D eigenvalue weighted by Crippen LogP contribution is 2.08. The molecular formula is C10H18N2O2. The van der Waals surface area contributed by atoms with Crippen molar-refractivity contribution in [3.05, 3.63) is 11.6 Å². The minimum absolute atomic E-state index is 0.0437. The molecule has 1 heterocycles. The summed E-state index contributed by atoms with van der Waals surface area (Å²) in [5.41, 5.74) is 0.974. The molecule has 1 amide bonds. The van der Waals surface area contributed by atoms with Crippen LogP contribution in [0.4, 0.5) is 0 Å². The number of rotatable bonds is 2. The molecule has 0 radical (unpaired) electrons. The third kappa shape index (κ3) is 2.56. The molecule has 1 aliphatic rings. The first-order chi connectivity index (χ1) is 6.52. The Balaban J connectivity index is 2.60. The van der Waals surface area contributed by atoms with Crippen LogP contribution in [0.2, 0.25) is 0 Å². The molecule has 1 aliphatic heterocycles. The first-order valence-electron chi connectivity index (χ1n) is 4.83. The van der Waals surface area contributed by atoms with Gasteiger partial charge in [0.1, 0.15) is 0 Å². The zero-order valence-electron chi connectivity index (χ0n) is 8.95. The topological polar surface area (TPSA) is 52.6 Å². The molecule has 2 atom stereocenters. The number of nitrogens with one attached hydrogen (secondary N) is 1. The number of likely N-dealkylation sites (N-methyl/N-ethyl adjacent to an activating group) is 1. The highest BCUT2D eigenvalue weighted by atomic mass is 16.3. The largest absolute Gasteiger partial charge is 0.390 e. The molecule has 1 saturated heterocycles. The SMILES string of the molecule is CC(C)=CC(=O)N(C)[C@H]1CNC[C@@H]1O. The summed E-state index contributed by atoms with van der Waals surface area (Å²) in [7, 11) is 1.72. The normalized spacial score (nSPS) is 26.0. The van der Waals surface area contributed by atoms with Crippen LogP contribution < -0.4 is 5.32 Å². The van der Waals surface area contributed by atoms with Crippen molar-refractivity contribution in [1.29, 1.82) is 0 Å². The molecule has 0 aromatic rings. The Morgan fingerprint density at radius 1 is 1.50 bits per heavy atom.